The number of benzene rings is 2. The largest absolute Gasteiger partial charge is 0.333 e. The molecule has 0 radical (unpaired) electrons. The Morgan fingerprint density at radius 1 is 1.04 bits per heavy atom. The number of nitrogens with zero attached hydrogens (tertiary/aromatic N) is 1. The summed E-state index contributed by atoms with van der Waals surface area (Å²) in [6.07, 6.45) is 0. The molecule has 1 heterocycles. The van der Waals surface area contributed by atoms with Crippen LogP contribution >= 0.6 is 11.3 Å². The molecule has 0 spiro atoms. The Hall–Kier alpha value is -2.42. The SMILES string of the molecule is CN(C)S(=O)(=O)c1ccc(CNC(=O)Nc2cccc3ccccc23)s1. The molecule has 0 aliphatic heterocycles. The van der Waals surface area contributed by atoms with Crippen molar-refractivity contribution in [1.29, 1.82) is 0 Å². The third-order valence-corrected chi connectivity index (χ3v) is 7.20. The van der Waals surface area contributed by atoms with Crippen LogP contribution in [0.5, 0.6) is 0 Å². The first-order valence-corrected chi connectivity index (χ1v) is 10.2. The minimum absolute atomic E-state index is 0.254. The first kappa shape index (κ1) is 18.4. The van der Waals surface area contributed by atoms with Gasteiger partial charge in [0.2, 0.25) is 0 Å². The molecule has 136 valence electrons. The van der Waals surface area contributed by atoms with E-state index in [2.05, 4.69) is 10.6 Å². The highest BCUT2D eigenvalue weighted by atomic mass is 32.2. The fraction of sp³-hybridized carbons (Fsp3) is 0.167. The van der Waals surface area contributed by atoms with Crippen molar-refractivity contribution >= 4 is 43.9 Å². The van der Waals surface area contributed by atoms with Crippen LogP contribution in [0.15, 0.2) is 58.8 Å². The van der Waals surface area contributed by atoms with E-state index >= 15 is 0 Å². The van der Waals surface area contributed by atoms with E-state index in [1.54, 1.807) is 12.1 Å². The summed E-state index contributed by atoms with van der Waals surface area (Å²) < 4.78 is 25.6. The molecule has 1 aromatic heterocycles. The zero-order valence-corrected chi connectivity index (χ0v) is 16.0. The van der Waals surface area contributed by atoms with Crippen molar-refractivity contribution < 1.29 is 13.2 Å². The quantitative estimate of drug-likeness (QED) is 0.701. The topological polar surface area (TPSA) is 78.5 Å². The number of anilines is 1. The Morgan fingerprint density at radius 2 is 1.77 bits per heavy atom. The van der Waals surface area contributed by atoms with Crippen LogP contribution in [0.4, 0.5) is 10.5 Å². The summed E-state index contributed by atoms with van der Waals surface area (Å²) in [5.74, 6) is 0. The summed E-state index contributed by atoms with van der Waals surface area (Å²) in [4.78, 5) is 13.0. The minimum Gasteiger partial charge on any atom is -0.333 e. The van der Waals surface area contributed by atoms with Crippen molar-refractivity contribution in [3.05, 3.63) is 59.5 Å². The normalized spacial score (nSPS) is 11.7. The Morgan fingerprint density at radius 3 is 2.54 bits per heavy atom. The van der Waals surface area contributed by atoms with Crippen LogP contribution in [0, 0.1) is 0 Å². The lowest BCUT2D eigenvalue weighted by Crippen LogP contribution is -2.27. The van der Waals surface area contributed by atoms with Crippen LogP contribution in [0.3, 0.4) is 0 Å². The molecule has 0 fully saturated rings. The highest BCUT2D eigenvalue weighted by molar-refractivity contribution is 7.91. The van der Waals surface area contributed by atoms with E-state index < -0.39 is 10.0 Å². The fourth-order valence-electron chi connectivity index (χ4n) is 2.44. The molecule has 2 aromatic carbocycles. The van der Waals surface area contributed by atoms with Gasteiger partial charge in [-0.25, -0.2) is 17.5 Å². The minimum atomic E-state index is -3.44. The van der Waals surface area contributed by atoms with E-state index in [1.165, 1.54) is 18.4 Å². The lowest BCUT2D eigenvalue weighted by atomic mass is 10.1. The van der Waals surface area contributed by atoms with Gasteiger partial charge in [-0.05, 0) is 23.6 Å². The average molecular weight is 390 g/mol. The summed E-state index contributed by atoms with van der Waals surface area (Å²) in [6.45, 7) is 0.254. The Balaban J connectivity index is 1.65. The molecule has 3 aromatic rings. The molecule has 0 saturated heterocycles. The van der Waals surface area contributed by atoms with Gasteiger partial charge in [0, 0.05) is 24.4 Å². The van der Waals surface area contributed by atoms with Crippen molar-refractivity contribution in [2.24, 2.45) is 0 Å². The number of urea groups is 1. The van der Waals surface area contributed by atoms with Gasteiger partial charge in [0.05, 0.1) is 12.2 Å². The number of rotatable bonds is 5. The lowest BCUT2D eigenvalue weighted by Gasteiger charge is -2.10. The second kappa shape index (κ2) is 7.45. The monoisotopic (exact) mass is 389 g/mol. The number of sulfonamides is 1. The third-order valence-electron chi connectivity index (χ3n) is 3.83. The van der Waals surface area contributed by atoms with Crippen molar-refractivity contribution in [1.82, 2.24) is 9.62 Å². The maximum absolute atomic E-state index is 12.2. The highest BCUT2D eigenvalue weighted by Gasteiger charge is 2.19. The van der Waals surface area contributed by atoms with E-state index in [1.807, 2.05) is 42.5 Å². The van der Waals surface area contributed by atoms with Crippen molar-refractivity contribution in [2.45, 2.75) is 10.8 Å². The fourth-order valence-corrected chi connectivity index (χ4v) is 4.90. The van der Waals surface area contributed by atoms with Crippen LogP contribution in [0.1, 0.15) is 4.88 Å². The summed E-state index contributed by atoms with van der Waals surface area (Å²) in [7, 11) is -0.463. The number of fused-ring (bicyclic) bond motifs is 1. The van der Waals surface area contributed by atoms with Crippen molar-refractivity contribution in [3.63, 3.8) is 0 Å². The molecule has 3 rings (SSSR count). The van der Waals surface area contributed by atoms with Gasteiger partial charge in [-0.1, -0.05) is 36.4 Å². The third kappa shape index (κ3) is 3.87. The van der Waals surface area contributed by atoms with Gasteiger partial charge in [-0.2, -0.15) is 0 Å². The lowest BCUT2D eigenvalue weighted by molar-refractivity contribution is 0.252. The van der Waals surface area contributed by atoms with Gasteiger partial charge in [-0.3, -0.25) is 0 Å². The predicted molar refractivity (Wildman–Crippen MR) is 105 cm³/mol. The van der Waals surface area contributed by atoms with Crippen molar-refractivity contribution in [2.75, 3.05) is 19.4 Å². The molecule has 0 atom stereocenters. The Labute approximate surface area is 156 Å². The van der Waals surface area contributed by atoms with Gasteiger partial charge in [0.1, 0.15) is 4.21 Å². The van der Waals surface area contributed by atoms with E-state index in [9.17, 15) is 13.2 Å². The number of hydrogen-bond acceptors (Lipinski definition) is 4. The molecule has 6 nitrogen and oxygen atoms in total. The zero-order chi connectivity index (χ0) is 18.7. The molecule has 0 aliphatic rings. The smallest absolute Gasteiger partial charge is 0.319 e. The molecule has 8 heteroatoms. The number of amides is 2. The number of thiophene rings is 1. The van der Waals surface area contributed by atoms with Crippen LogP contribution < -0.4 is 10.6 Å². The highest BCUT2D eigenvalue weighted by Crippen LogP contribution is 2.24. The summed E-state index contributed by atoms with van der Waals surface area (Å²) in [6, 6.07) is 16.4. The molecular weight excluding hydrogens is 370 g/mol. The number of carbonyl (C=O) groups excluding carboxylic acids is 1. The first-order chi connectivity index (χ1) is 12.4. The number of hydrogen-bond donors (Lipinski definition) is 2. The molecule has 0 aliphatic carbocycles. The van der Waals surface area contributed by atoms with Gasteiger partial charge in [0.25, 0.3) is 10.0 Å². The second-order valence-electron chi connectivity index (χ2n) is 5.84. The van der Waals surface area contributed by atoms with Crippen molar-refractivity contribution in [3.8, 4) is 0 Å². The van der Waals surface area contributed by atoms with E-state index in [4.69, 9.17) is 0 Å². The van der Waals surface area contributed by atoms with Crippen LogP contribution in [0.2, 0.25) is 0 Å². The van der Waals surface area contributed by atoms with Crippen LogP contribution in [-0.4, -0.2) is 32.8 Å². The first-order valence-electron chi connectivity index (χ1n) is 7.92. The Bertz CT molecular complexity index is 1040. The van der Waals surface area contributed by atoms with Gasteiger partial charge >= 0.3 is 6.03 Å². The van der Waals surface area contributed by atoms with Crippen LogP contribution in [-0.2, 0) is 16.6 Å². The van der Waals surface area contributed by atoms with Gasteiger partial charge < -0.3 is 10.6 Å². The van der Waals surface area contributed by atoms with Gasteiger partial charge in [-0.15, -0.1) is 11.3 Å². The standard InChI is InChI=1S/C18H19N3O3S2/c1-21(2)26(23,24)17-11-10-14(25-17)12-19-18(22)20-16-9-5-7-13-6-3-4-8-15(13)16/h3-11H,12H2,1-2H3,(H2,19,20,22). The van der Waals surface area contributed by atoms with E-state index in [0.717, 1.165) is 32.7 Å². The van der Waals surface area contributed by atoms with Gasteiger partial charge in [0.15, 0.2) is 0 Å². The molecule has 0 bridgehead atoms. The molecule has 2 N–H and O–H groups in total. The molecule has 26 heavy (non-hydrogen) atoms. The molecule has 0 saturated carbocycles. The average Bonchev–Trinajstić information content (AvgIpc) is 3.10. The second-order valence-corrected chi connectivity index (χ2v) is 9.39. The summed E-state index contributed by atoms with van der Waals surface area (Å²) in [5.41, 5.74) is 0.725. The zero-order valence-electron chi connectivity index (χ0n) is 14.4. The molecular formula is C18H19N3O3S2. The molecule has 0 unspecified atom stereocenters. The number of carbonyl (C=O) groups is 1. The Kier molecular flexibility index (Phi) is 5.26. The van der Waals surface area contributed by atoms with Crippen LogP contribution in [0.25, 0.3) is 10.8 Å². The predicted octanol–water partition coefficient (Wildman–Crippen LogP) is 3.47. The summed E-state index contributed by atoms with van der Waals surface area (Å²) >= 11 is 1.15. The maximum atomic E-state index is 12.2. The number of nitrogens with one attached hydrogen (secondary N) is 2. The van der Waals surface area contributed by atoms with E-state index in [-0.39, 0.29) is 16.8 Å². The summed E-state index contributed by atoms with van der Waals surface area (Å²) in [5, 5.41) is 7.60. The molecule has 2 amide bonds. The maximum Gasteiger partial charge on any atom is 0.319 e. The van der Waals surface area contributed by atoms with E-state index in [0.29, 0.717) is 0 Å².